The number of methoxy groups -OCH3 is 2. The molecule has 0 radical (unpaired) electrons. The molecular weight excluding hydrogens is 342 g/mol. The summed E-state index contributed by atoms with van der Waals surface area (Å²) in [6.45, 7) is 1.54. The van der Waals surface area contributed by atoms with E-state index < -0.39 is 18.0 Å². The van der Waals surface area contributed by atoms with Crippen molar-refractivity contribution in [2.75, 3.05) is 19.5 Å². The summed E-state index contributed by atoms with van der Waals surface area (Å²) >= 11 is 1.58. The fourth-order valence-corrected chi connectivity index (χ4v) is 2.85. The van der Waals surface area contributed by atoms with Crippen molar-refractivity contribution in [3.63, 3.8) is 0 Å². The van der Waals surface area contributed by atoms with E-state index in [9.17, 15) is 9.59 Å². The van der Waals surface area contributed by atoms with E-state index in [2.05, 4.69) is 5.32 Å². The van der Waals surface area contributed by atoms with Crippen molar-refractivity contribution in [1.82, 2.24) is 0 Å². The lowest BCUT2D eigenvalue weighted by atomic mass is 10.2. The first-order valence-electron chi connectivity index (χ1n) is 7.77. The second-order valence-electron chi connectivity index (χ2n) is 5.32. The molecule has 6 nitrogen and oxygen atoms in total. The molecule has 0 fully saturated rings. The van der Waals surface area contributed by atoms with Gasteiger partial charge in [0.25, 0.3) is 5.91 Å². The Morgan fingerprint density at radius 3 is 2.56 bits per heavy atom. The molecule has 0 spiro atoms. The number of aryl methyl sites for hydroxylation is 1. The molecule has 1 N–H and O–H groups in total. The third kappa shape index (κ3) is 5.49. The number of carbonyl (C=O) groups excluding carboxylic acids is 2. The average molecular weight is 363 g/mol. The number of carbonyl (C=O) groups is 2. The highest BCUT2D eigenvalue weighted by Gasteiger charge is 2.18. The summed E-state index contributed by atoms with van der Waals surface area (Å²) in [5.41, 5.74) is 1.62. The molecule has 0 aliphatic carbocycles. The van der Waals surface area contributed by atoms with Gasteiger partial charge in [-0.05, 0) is 47.9 Å². The van der Waals surface area contributed by atoms with Gasteiger partial charge in [-0.25, -0.2) is 0 Å². The molecular formula is C18H21NO5S. The van der Waals surface area contributed by atoms with Crippen LogP contribution in [0.4, 0.5) is 5.69 Å². The van der Waals surface area contributed by atoms with Gasteiger partial charge in [0.2, 0.25) is 0 Å². The normalized spacial score (nSPS) is 11.5. The lowest BCUT2D eigenvalue weighted by molar-refractivity contribution is -0.153. The number of rotatable bonds is 8. The van der Waals surface area contributed by atoms with Gasteiger partial charge in [-0.1, -0.05) is 0 Å². The minimum atomic E-state index is -0.886. The van der Waals surface area contributed by atoms with E-state index in [1.54, 1.807) is 36.5 Å². The molecule has 0 saturated carbocycles. The summed E-state index contributed by atoms with van der Waals surface area (Å²) in [4.78, 5) is 24.0. The highest BCUT2D eigenvalue weighted by Crippen LogP contribution is 2.29. The van der Waals surface area contributed by atoms with Crippen molar-refractivity contribution < 1.29 is 23.8 Å². The van der Waals surface area contributed by atoms with Crippen LogP contribution in [0.2, 0.25) is 0 Å². The number of anilines is 1. The quantitative estimate of drug-likeness (QED) is 0.729. The Bertz CT molecular complexity index is 714. The van der Waals surface area contributed by atoms with Crippen molar-refractivity contribution in [3.8, 4) is 11.5 Å². The van der Waals surface area contributed by atoms with E-state index in [1.807, 2.05) is 16.8 Å². The molecule has 1 aromatic heterocycles. The van der Waals surface area contributed by atoms with Gasteiger partial charge in [-0.2, -0.15) is 11.3 Å². The SMILES string of the molecule is COc1ccc(NC(=O)C(C)OC(=O)CCc2ccsc2)cc1OC. The van der Waals surface area contributed by atoms with Crippen molar-refractivity contribution in [3.05, 3.63) is 40.6 Å². The number of nitrogens with one attached hydrogen (secondary N) is 1. The number of hydrogen-bond donors (Lipinski definition) is 1. The Morgan fingerprint density at radius 1 is 1.16 bits per heavy atom. The van der Waals surface area contributed by atoms with Gasteiger partial charge in [-0.3, -0.25) is 9.59 Å². The van der Waals surface area contributed by atoms with E-state index in [4.69, 9.17) is 14.2 Å². The van der Waals surface area contributed by atoms with Crippen LogP contribution in [0.15, 0.2) is 35.0 Å². The Kier molecular flexibility index (Phi) is 6.82. The lowest BCUT2D eigenvalue weighted by Gasteiger charge is -2.14. The molecule has 0 saturated heterocycles. The Hall–Kier alpha value is -2.54. The highest BCUT2D eigenvalue weighted by atomic mass is 32.1. The van der Waals surface area contributed by atoms with Crippen molar-refractivity contribution in [1.29, 1.82) is 0 Å². The van der Waals surface area contributed by atoms with Crippen LogP contribution in [0.3, 0.4) is 0 Å². The first-order chi connectivity index (χ1) is 12.0. The molecule has 0 bridgehead atoms. The van der Waals surface area contributed by atoms with Crippen LogP contribution < -0.4 is 14.8 Å². The van der Waals surface area contributed by atoms with Gasteiger partial charge < -0.3 is 19.5 Å². The number of esters is 1. The Labute approximate surface area is 150 Å². The summed E-state index contributed by atoms with van der Waals surface area (Å²) in [7, 11) is 3.05. The monoisotopic (exact) mass is 363 g/mol. The molecule has 1 heterocycles. The average Bonchev–Trinajstić information content (AvgIpc) is 3.13. The van der Waals surface area contributed by atoms with Gasteiger partial charge in [0.05, 0.1) is 14.2 Å². The summed E-state index contributed by atoms with van der Waals surface area (Å²) in [6, 6.07) is 6.98. The second-order valence-corrected chi connectivity index (χ2v) is 6.10. The van der Waals surface area contributed by atoms with Crippen LogP contribution in [-0.2, 0) is 20.7 Å². The Balaban J connectivity index is 1.86. The number of hydrogen-bond acceptors (Lipinski definition) is 6. The first-order valence-corrected chi connectivity index (χ1v) is 8.71. The molecule has 1 amide bonds. The fourth-order valence-electron chi connectivity index (χ4n) is 2.15. The van der Waals surface area contributed by atoms with Crippen molar-refractivity contribution in [2.24, 2.45) is 0 Å². The largest absolute Gasteiger partial charge is 0.493 e. The van der Waals surface area contributed by atoms with Crippen molar-refractivity contribution >= 4 is 28.9 Å². The standard InChI is InChI=1S/C18H21NO5S/c1-12(24-17(20)7-4-13-8-9-25-11-13)18(21)19-14-5-6-15(22-2)16(10-14)23-3/h5-6,8-12H,4,7H2,1-3H3,(H,19,21). The number of thiophene rings is 1. The summed E-state index contributed by atoms with van der Waals surface area (Å²) in [6.07, 6.45) is -0.0417. The van der Waals surface area contributed by atoms with Gasteiger partial charge in [0, 0.05) is 18.2 Å². The predicted octanol–water partition coefficient (Wildman–Crippen LogP) is 3.27. The molecule has 2 aromatic rings. The van der Waals surface area contributed by atoms with E-state index in [0.29, 0.717) is 23.6 Å². The van der Waals surface area contributed by atoms with E-state index in [0.717, 1.165) is 5.56 Å². The molecule has 1 aromatic carbocycles. The summed E-state index contributed by atoms with van der Waals surface area (Å²) < 4.78 is 15.5. The maximum absolute atomic E-state index is 12.2. The van der Waals surface area contributed by atoms with Gasteiger partial charge >= 0.3 is 5.97 Å². The van der Waals surface area contributed by atoms with Crippen molar-refractivity contribution in [2.45, 2.75) is 25.9 Å². The Morgan fingerprint density at radius 2 is 1.92 bits per heavy atom. The molecule has 2 rings (SSSR count). The zero-order valence-electron chi connectivity index (χ0n) is 14.4. The van der Waals surface area contributed by atoms with Crippen LogP contribution in [0.1, 0.15) is 18.9 Å². The second kappa shape index (κ2) is 9.08. The molecule has 0 aliphatic rings. The molecule has 7 heteroatoms. The van der Waals surface area contributed by atoms with Gasteiger partial charge in [0.15, 0.2) is 17.6 Å². The van der Waals surface area contributed by atoms with Crippen LogP contribution in [0.5, 0.6) is 11.5 Å². The first kappa shape index (κ1) is 18.8. The lowest BCUT2D eigenvalue weighted by Crippen LogP contribution is -2.30. The van der Waals surface area contributed by atoms with Crippen LogP contribution in [0.25, 0.3) is 0 Å². The van der Waals surface area contributed by atoms with E-state index >= 15 is 0 Å². The number of ether oxygens (including phenoxy) is 3. The molecule has 25 heavy (non-hydrogen) atoms. The maximum Gasteiger partial charge on any atom is 0.306 e. The number of amides is 1. The van der Waals surface area contributed by atoms with Crippen LogP contribution in [-0.4, -0.2) is 32.2 Å². The molecule has 1 atom stereocenters. The predicted molar refractivity (Wildman–Crippen MR) is 96.4 cm³/mol. The van der Waals surface area contributed by atoms with Crippen LogP contribution >= 0.6 is 11.3 Å². The van der Waals surface area contributed by atoms with E-state index in [-0.39, 0.29) is 6.42 Å². The van der Waals surface area contributed by atoms with Gasteiger partial charge in [-0.15, -0.1) is 0 Å². The topological polar surface area (TPSA) is 73.9 Å². The third-order valence-electron chi connectivity index (χ3n) is 3.53. The molecule has 134 valence electrons. The zero-order valence-corrected chi connectivity index (χ0v) is 15.2. The maximum atomic E-state index is 12.2. The smallest absolute Gasteiger partial charge is 0.306 e. The zero-order chi connectivity index (χ0) is 18.2. The minimum absolute atomic E-state index is 0.241. The minimum Gasteiger partial charge on any atom is -0.493 e. The highest BCUT2D eigenvalue weighted by molar-refractivity contribution is 7.07. The van der Waals surface area contributed by atoms with Crippen LogP contribution in [0, 0.1) is 0 Å². The van der Waals surface area contributed by atoms with E-state index in [1.165, 1.54) is 14.2 Å². The molecule has 1 unspecified atom stereocenters. The fraction of sp³-hybridized carbons (Fsp3) is 0.333. The summed E-state index contributed by atoms with van der Waals surface area (Å²) in [5.74, 6) is 0.256. The van der Waals surface area contributed by atoms with Gasteiger partial charge in [0.1, 0.15) is 0 Å². The number of benzene rings is 1. The third-order valence-corrected chi connectivity index (χ3v) is 4.26. The molecule has 0 aliphatic heterocycles. The summed E-state index contributed by atoms with van der Waals surface area (Å²) in [5, 5.41) is 6.64.